The van der Waals surface area contributed by atoms with Crippen LogP contribution in [-0.4, -0.2) is 91.4 Å². The Hall–Kier alpha value is -5.56. The van der Waals surface area contributed by atoms with Crippen LogP contribution in [-0.2, 0) is 38.2 Å². The average Bonchev–Trinajstić information content (AvgIpc) is 3.10. The fourth-order valence-electron chi connectivity index (χ4n) is 5.15. The predicted molar refractivity (Wildman–Crippen MR) is 183 cm³/mol. The third-order valence-corrected chi connectivity index (χ3v) is 8.79. The standard InChI is InChI=1S/C34H33BrF3N5O10/c1-5-17(2)39-32-40-25-15-42(29(47)20-8-11-24(35)23(13-20)34(36,37)38)18(3)12-22(25)30(48)43(32)21-9-6-19(7-10-21)28(46)41(4)33(51)53-16-52-27(45)14-26(44)31(49)50/h5-11,13,17-18,26,44H,1,12,14-16H2,2-4H3,(H,39,40)(H,49,50)/t17?,18-,26?/m1/s1. The van der Waals surface area contributed by atoms with E-state index in [2.05, 4.69) is 37.5 Å². The number of hydrogen-bond donors (Lipinski definition) is 3. The second kappa shape index (κ2) is 16.4. The minimum absolute atomic E-state index is 0.00730. The molecule has 2 heterocycles. The smallest absolute Gasteiger partial charge is 0.419 e. The number of aliphatic hydroxyl groups is 1. The summed E-state index contributed by atoms with van der Waals surface area (Å²) in [5.74, 6) is -4.27. The highest BCUT2D eigenvalue weighted by atomic mass is 79.9. The van der Waals surface area contributed by atoms with Crippen molar-refractivity contribution in [3.63, 3.8) is 0 Å². The molecule has 1 aliphatic heterocycles. The number of nitrogens with zero attached hydrogens (tertiary/aromatic N) is 4. The molecule has 2 aromatic carbocycles. The molecule has 3 N–H and O–H groups in total. The lowest BCUT2D eigenvalue weighted by molar-refractivity contribution is -0.160. The Morgan fingerprint density at radius 3 is 2.38 bits per heavy atom. The predicted octanol–water partition coefficient (Wildman–Crippen LogP) is 4.13. The fourth-order valence-corrected chi connectivity index (χ4v) is 5.62. The Balaban J connectivity index is 1.57. The molecule has 0 fully saturated rings. The van der Waals surface area contributed by atoms with Gasteiger partial charge >= 0.3 is 24.2 Å². The molecular weight excluding hydrogens is 775 g/mol. The molecule has 15 nitrogen and oxygen atoms in total. The van der Waals surface area contributed by atoms with Crippen LogP contribution in [0.15, 0.2) is 64.4 Å². The number of ether oxygens (including phenoxy) is 2. The Bertz CT molecular complexity index is 2000. The Labute approximate surface area is 307 Å². The van der Waals surface area contributed by atoms with Gasteiger partial charge in [-0.1, -0.05) is 22.0 Å². The van der Waals surface area contributed by atoms with Crippen molar-refractivity contribution in [2.45, 2.75) is 57.6 Å². The van der Waals surface area contributed by atoms with Gasteiger partial charge in [-0.3, -0.25) is 19.2 Å². The van der Waals surface area contributed by atoms with Gasteiger partial charge in [-0.15, -0.1) is 6.58 Å². The van der Waals surface area contributed by atoms with E-state index in [0.29, 0.717) is 4.90 Å². The van der Waals surface area contributed by atoms with Gasteiger partial charge in [-0.2, -0.15) is 13.2 Å². The summed E-state index contributed by atoms with van der Waals surface area (Å²) in [5.41, 5.74) is -0.926. The topological polar surface area (TPSA) is 198 Å². The quantitative estimate of drug-likeness (QED) is 0.143. The molecule has 53 heavy (non-hydrogen) atoms. The second-order valence-corrected chi connectivity index (χ2v) is 12.7. The molecule has 2 unspecified atom stereocenters. The number of esters is 1. The number of carbonyl (C=O) groups is 5. The summed E-state index contributed by atoms with van der Waals surface area (Å²) < 4.78 is 51.0. The number of carboxylic acid groups (broad SMARTS) is 1. The van der Waals surface area contributed by atoms with Crippen LogP contribution in [0.25, 0.3) is 5.69 Å². The van der Waals surface area contributed by atoms with Gasteiger partial charge in [-0.05, 0) is 62.7 Å². The van der Waals surface area contributed by atoms with Crippen LogP contribution in [0.1, 0.15) is 57.8 Å². The van der Waals surface area contributed by atoms with E-state index in [4.69, 9.17) is 9.84 Å². The highest BCUT2D eigenvalue weighted by Gasteiger charge is 2.36. The third-order valence-electron chi connectivity index (χ3n) is 8.10. The zero-order valence-electron chi connectivity index (χ0n) is 28.3. The number of anilines is 1. The first-order valence-corrected chi connectivity index (χ1v) is 16.5. The number of aliphatic carboxylic acids is 1. The number of rotatable bonds is 11. The SMILES string of the molecule is C=CC(C)Nc1nc2c(c(=O)n1-c1ccc(C(=O)N(C)C(=O)OCOC(=O)CC(O)C(=O)O)cc1)C[C@@H](C)N(C(=O)c1ccc(Br)c(C(F)(F)F)c1)C2. The Morgan fingerprint density at radius 1 is 1.13 bits per heavy atom. The molecule has 0 saturated carbocycles. The number of alkyl halides is 3. The van der Waals surface area contributed by atoms with Crippen molar-refractivity contribution < 1.29 is 56.8 Å². The first kappa shape index (κ1) is 40.2. The minimum Gasteiger partial charge on any atom is -0.479 e. The molecule has 0 radical (unpaired) electrons. The number of carboxylic acids is 1. The molecule has 1 aromatic heterocycles. The number of benzene rings is 2. The summed E-state index contributed by atoms with van der Waals surface area (Å²) >= 11 is 2.88. The zero-order valence-corrected chi connectivity index (χ0v) is 29.9. The van der Waals surface area contributed by atoms with E-state index in [9.17, 15) is 47.0 Å². The number of nitrogens with one attached hydrogen (secondary N) is 1. The third kappa shape index (κ3) is 9.28. The van der Waals surface area contributed by atoms with Crippen LogP contribution in [0, 0.1) is 0 Å². The van der Waals surface area contributed by atoms with Gasteiger partial charge < -0.3 is 29.9 Å². The number of hydrogen-bond acceptors (Lipinski definition) is 11. The van der Waals surface area contributed by atoms with E-state index in [1.54, 1.807) is 19.9 Å². The lowest BCUT2D eigenvalue weighted by Crippen LogP contribution is -2.46. The fraction of sp³-hybridized carbons (Fsp3) is 0.324. The van der Waals surface area contributed by atoms with Crippen LogP contribution < -0.4 is 10.9 Å². The molecule has 4 rings (SSSR count). The lowest BCUT2D eigenvalue weighted by atomic mass is 9.98. The molecule has 19 heteroatoms. The molecule has 3 amide bonds. The number of carbonyl (C=O) groups excluding carboxylic acids is 4. The molecule has 3 aromatic rings. The van der Waals surface area contributed by atoms with Crippen LogP contribution in [0.2, 0.25) is 0 Å². The van der Waals surface area contributed by atoms with Gasteiger partial charge in [0.25, 0.3) is 17.4 Å². The van der Waals surface area contributed by atoms with E-state index in [-0.39, 0.29) is 51.5 Å². The van der Waals surface area contributed by atoms with Gasteiger partial charge in [0.05, 0.1) is 29.9 Å². The van der Waals surface area contributed by atoms with Crippen molar-refractivity contribution >= 4 is 51.7 Å². The van der Waals surface area contributed by atoms with Gasteiger partial charge in [0.1, 0.15) is 0 Å². The summed E-state index contributed by atoms with van der Waals surface area (Å²) in [4.78, 5) is 81.7. The minimum atomic E-state index is -4.70. The summed E-state index contributed by atoms with van der Waals surface area (Å²) in [7, 11) is 1.09. The monoisotopic (exact) mass is 807 g/mol. The normalized spacial score (nSPS) is 15.0. The maximum atomic E-state index is 14.1. The van der Waals surface area contributed by atoms with Crippen molar-refractivity contribution in [1.82, 2.24) is 19.4 Å². The Kier molecular flexibility index (Phi) is 12.5. The molecule has 3 atom stereocenters. The van der Waals surface area contributed by atoms with Crippen LogP contribution in [0.5, 0.6) is 0 Å². The zero-order chi connectivity index (χ0) is 39.4. The maximum absolute atomic E-state index is 14.1. The molecule has 0 spiro atoms. The number of aliphatic hydroxyl groups excluding tert-OH is 1. The Morgan fingerprint density at radius 2 is 1.77 bits per heavy atom. The lowest BCUT2D eigenvalue weighted by Gasteiger charge is -2.35. The number of amides is 3. The maximum Gasteiger partial charge on any atom is 0.419 e. The van der Waals surface area contributed by atoms with E-state index in [0.717, 1.165) is 19.2 Å². The first-order valence-electron chi connectivity index (χ1n) is 15.7. The highest BCUT2D eigenvalue weighted by molar-refractivity contribution is 9.10. The van der Waals surface area contributed by atoms with E-state index in [1.807, 2.05) is 0 Å². The molecule has 282 valence electrons. The van der Waals surface area contributed by atoms with E-state index in [1.165, 1.54) is 39.8 Å². The van der Waals surface area contributed by atoms with Crippen molar-refractivity contribution in [3.05, 3.63) is 97.9 Å². The van der Waals surface area contributed by atoms with Gasteiger partial charge in [0.15, 0.2) is 6.10 Å². The largest absolute Gasteiger partial charge is 0.479 e. The number of imide groups is 1. The van der Waals surface area contributed by atoms with Crippen molar-refractivity contribution in [2.24, 2.45) is 0 Å². The molecule has 0 aliphatic carbocycles. The highest BCUT2D eigenvalue weighted by Crippen LogP contribution is 2.36. The van der Waals surface area contributed by atoms with Gasteiger partial charge in [0.2, 0.25) is 12.7 Å². The second-order valence-electron chi connectivity index (χ2n) is 11.9. The summed E-state index contributed by atoms with van der Waals surface area (Å²) in [6.07, 6.45) is -7.23. The first-order chi connectivity index (χ1) is 24.8. The van der Waals surface area contributed by atoms with Crippen LogP contribution in [0.3, 0.4) is 0 Å². The molecule has 1 aliphatic rings. The summed E-state index contributed by atoms with van der Waals surface area (Å²) in [6, 6.07) is 7.71. The van der Waals surface area contributed by atoms with Crippen LogP contribution in [0.4, 0.5) is 23.9 Å². The molecule has 0 bridgehead atoms. The molecular formula is C34H33BrF3N5O10. The number of fused-ring (bicyclic) bond motifs is 1. The van der Waals surface area contributed by atoms with Crippen LogP contribution >= 0.6 is 15.9 Å². The average molecular weight is 809 g/mol. The van der Waals surface area contributed by atoms with E-state index >= 15 is 0 Å². The molecule has 0 saturated heterocycles. The van der Waals surface area contributed by atoms with E-state index < -0.39 is 78.5 Å². The summed E-state index contributed by atoms with van der Waals surface area (Å²) in [5, 5.41) is 20.9. The van der Waals surface area contributed by atoms with Crippen molar-refractivity contribution in [1.29, 1.82) is 0 Å². The van der Waals surface area contributed by atoms with Gasteiger partial charge in [-0.25, -0.2) is 24.0 Å². The van der Waals surface area contributed by atoms with Gasteiger partial charge in [0, 0.05) is 40.3 Å². The number of aromatic nitrogens is 2. The van der Waals surface area contributed by atoms with Crippen molar-refractivity contribution in [3.8, 4) is 5.69 Å². The summed E-state index contributed by atoms with van der Waals surface area (Å²) in [6.45, 7) is 6.01. The van der Waals surface area contributed by atoms with Crippen molar-refractivity contribution in [2.75, 3.05) is 19.2 Å². The number of halogens is 4.